The highest BCUT2D eigenvalue weighted by atomic mass is 35.5. The van der Waals surface area contributed by atoms with E-state index in [0.29, 0.717) is 31.2 Å². The minimum absolute atomic E-state index is 0. The molecular formula is C21H34ClN3O4. The first kappa shape index (κ1) is 23.7. The fourth-order valence-electron chi connectivity index (χ4n) is 3.75. The fourth-order valence-corrected chi connectivity index (χ4v) is 3.75. The molecule has 1 aromatic rings. The predicted molar refractivity (Wildman–Crippen MR) is 115 cm³/mol. The zero-order valence-corrected chi connectivity index (χ0v) is 18.0. The van der Waals surface area contributed by atoms with Gasteiger partial charge in [-0.3, -0.25) is 4.79 Å². The van der Waals surface area contributed by atoms with Gasteiger partial charge in [0.1, 0.15) is 0 Å². The third-order valence-electron chi connectivity index (χ3n) is 5.41. The number of hydrogen-bond donors (Lipinski definition) is 3. The van der Waals surface area contributed by atoms with Gasteiger partial charge in [0.25, 0.3) is 5.91 Å². The number of piperidine rings is 1. The van der Waals surface area contributed by atoms with E-state index in [1.807, 2.05) is 30.0 Å². The summed E-state index contributed by atoms with van der Waals surface area (Å²) in [5.41, 5.74) is 1.08. The molecule has 0 aliphatic carbocycles. The zero-order chi connectivity index (χ0) is 19.8. The van der Waals surface area contributed by atoms with Gasteiger partial charge < -0.3 is 30.1 Å². The number of carbonyl (C=O) groups is 1. The highest BCUT2D eigenvalue weighted by Gasteiger charge is 2.24. The van der Waals surface area contributed by atoms with Crippen molar-refractivity contribution >= 4 is 18.3 Å². The van der Waals surface area contributed by atoms with E-state index in [1.165, 1.54) is 6.42 Å². The molecule has 2 atom stereocenters. The van der Waals surface area contributed by atoms with Crippen molar-refractivity contribution in [1.82, 2.24) is 15.5 Å². The zero-order valence-electron chi connectivity index (χ0n) is 17.2. The van der Waals surface area contributed by atoms with Gasteiger partial charge in [0, 0.05) is 45.2 Å². The number of hydrogen-bond acceptors (Lipinski definition) is 6. The van der Waals surface area contributed by atoms with Crippen LogP contribution in [0.3, 0.4) is 0 Å². The molecular weight excluding hydrogens is 394 g/mol. The van der Waals surface area contributed by atoms with Gasteiger partial charge in [-0.1, -0.05) is 6.07 Å². The van der Waals surface area contributed by atoms with Crippen LogP contribution in [0.4, 0.5) is 0 Å². The summed E-state index contributed by atoms with van der Waals surface area (Å²) in [6, 6.07) is 5.82. The molecule has 0 saturated carbocycles. The number of aliphatic hydroxyl groups excluding tert-OH is 1. The fraction of sp³-hybridized carbons (Fsp3) is 0.667. The van der Waals surface area contributed by atoms with Crippen LogP contribution in [-0.2, 0) is 11.3 Å². The molecule has 3 rings (SSSR count). The monoisotopic (exact) mass is 427 g/mol. The van der Waals surface area contributed by atoms with Crippen LogP contribution in [0.5, 0.6) is 11.5 Å². The van der Waals surface area contributed by atoms with Crippen LogP contribution < -0.4 is 20.1 Å². The molecule has 2 heterocycles. The summed E-state index contributed by atoms with van der Waals surface area (Å²) in [4.78, 5) is 14.2. The van der Waals surface area contributed by atoms with Gasteiger partial charge in [0.05, 0.1) is 12.7 Å². The molecule has 8 heteroatoms. The SMILES string of the molecule is CCOc1cc(CNCC2CNCC2O)ccc1OCC(=O)N1CCCCC1.Cl. The van der Waals surface area contributed by atoms with Crippen molar-refractivity contribution in [2.75, 3.05) is 45.9 Å². The molecule has 7 nitrogen and oxygen atoms in total. The van der Waals surface area contributed by atoms with Crippen molar-refractivity contribution in [3.63, 3.8) is 0 Å². The van der Waals surface area contributed by atoms with Gasteiger partial charge in [-0.15, -0.1) is 12.4 Å². The van der Waals surface area contributed by atoms with E-state index in [9.17, 15) is 9.90 Å². The molecule has 1 aromatic carbocycles. The van der Waals surface area contributed by atoms with Gasteiger partial charge >= 0.3 is 0 Å². The second kappa shape index (κ2) is 12.2. The van der Waals surface area contributed by atoms with Gasteiger partial charge in [-0.05, 0) is 43.9 Å². The molecule has 3 N–H and O–H groups in total. The molecule has 0 radical (unpaired) electrons. The summed E-state index contributed by atoms with van der Waals surface area (Å²) in [6.07, 6.45) is 3.07. The molecule has 29 heavy (non-hydrogen) atoms. The summed E-state index contributed by atoms with van der Waals surface area (Å²) in [5, 5.41) is 16.5. The first-order valence-electron chi connectivity index (χ1n) is 10.4. The molecule has 1 amide bonds. The quantitative estimate of drug-likeness (QED) is 0.555. The van der Waals surface area contributed by atoms with E-state index in [-0.39, 0.29) is 36.9 Å². The van der Waals surface area contributed by atoms with Crippen LogP contribution in [-0.4, -0.2) is 68.0 Å². The maximum absolute atomic E-state index is 12.3. The molecule has 164 valence electrons. The van der Waals surface area contributed by atoms with E-state index in [1.54, 1.807) is 0 Å². The van der Waals surface area contributed by atoms with Crippen molar-refractivity contribution in [3.8, 4) is 11.5 Å². The summed E-state index contributed by atoms with van der Waals surface area (Å²) < 4.78 is 11.5. The number of carbonyl (C=O) groups excluding carboxylic acids is 1. The minimum Gasteiger partial charge on any atom is -0.490 e. The van der Waals surface area contributed by atoms with Crippen LogP contribution >= 0.6 is 12.4 Å². The maximum atomic E-state index is 12.3. The second-order valence-electron chi connectivity index (χ2n) is 7.56. The molecule has 0 bridgehead atoms. The van der Waals surface area contributed by atoms with Gasteiger partial charge in [-0.25, -0.2) is 0 Å². The van der Waals surface area contributed by atoms with Crippen LogP contribution in [0.25, 0.3) is 0 Å². The molecule has 2 aliphatic rings. The van der Waals surface area contributed by atoms with Crippen LogP contribution in [0.15, 0.2) is 18.2 Å². The molecule has 2 fully saturated rings. The first-order chi connectivity index (χ1) is 13.7. The minimum atomic E-state index is -0.278. The number of β-amino-alcohol motifs (C(OH)–C–C–N with tert-alkyl or cyclic N) is 1. The number of likely N-dealkylation sites (tertiary alicyclic amines) is 1. The average molecular weight is 428 g/mol. The standard InChI is InChI=1S/C21H33N3O4.ClH/c1-2-27-20-10-16(11-22-12-17-13-23-14-18(17)25)6-7-19(20)28-15-21(26)24-8-4-3-5-9-24;/h6-7,10,17-18,22-23,25H,2-5,8-9,11-15H2,1H3;1H. The molecule has 2 saturated heterocycles. The lowest BCUT2D eigenvalue weighted by Gasteiger charge is -2.26. The number of benzene rings is 1. The summed E-state index contributed by atoms with van der Waals surface area (Å²) in [6.45, 7) is 7.14. The Labute approximate surface area is 179 Å². The van der Waals surface area contributed by atoms with Crippen molar-refractivity contribution in [2.45, 2.75) is 38.8 Å². The molecule has 2 unspecified atom stereocenters. The third-order valence-corrected chi connectivity index (χ3v) is 5.41. The van der Waals surface area contributed by atoms with E-state index < -0.39 is 0 Å². The number of halogens is 1. The normalized spacial score (nSPS) is 21.5. The lowest BCUT2D eigenvalue weighted by atomic mass is 10.1. The van der Waals surface area contributed by atoms with Crippen LogP contribution in [0.1, 0.15) is 31.7 Å². The lowest BCUT2D eigenvalue weighted by Crippen LogP contribution is -2.38. The Morgan fingerprint density at radius 3 is 2.69 bits per heavy atom. The maximum Gasteiger partial charge on any atom is 0.260 e. The number of nitrogens with zero attached hydrogens (tertiary/aromatic N) is 1. The number of amides is 1. The first-order valence-corrected chi connectivity index (χ1v) is 10.4. The average Bonchev–Trinajstić information content (AvgIpc) is 3.13. The van der Waals surface area contributed by atoms with Crippen molar-refractivity contribution in [1.29, 1.82) is 0 Å². The number of rotatable bonds is 9. The number of nitrogens with one attached hydrogen (secondary N) is 2. The number of ether oxygens (including phenoxy) is 2. The largest absolute Gasteiger partial charge is 0.490 e. The number of aliphatic hydroxyl groups is 1. The summed E-state index contributed by atoms with van der Waals surface area (Å²) >= 11 is 0. The van der Waals surface area contributed by atoms with Gasteiger partial charge in [0.2, 0.25) is 0 Å². The molecule has 0 spiro atoms. The summed E-state index contributed by atoms with van der Waals surface area (Å²) in [5.74, 6) is 1.55. The van der Waals surface area contributed by atoms with E-state index in [2.05, 4.69) is 10.6 Å². The topological polar surface area (TPSA) is 83.1 Å². The van der Waals surface area contributed by atoms with E-state index in [0.717, 1.165) is 44.6 Å². The van der Waals surface area contributed by atoms with Gasteiger partial charge in [0.15, 0.2) is 18.1 Å². The highest BCUT2D eigenvalue weighted by molar-refractivity contribution is 5.85. The van der Waals surface area contributed by atoms with Crippen molar-refractivity contribution in [3.05, 3.63) is 23.8 Å². The third kappa shape index (κ3) is 7.03. The Kier molecular flexibility index (Phi) is 10.0. The van der Waals surface area contributed by atoms with E-state index in [4.69, 9.17) is 9.47 Å². The Hall–Kier alpha value is -1.54. The molecule has 0 aromatic heterocycles. The Bertz CT molecular complexity index is 640. The Morgan fingerprint density at radius 2 is 2.00 bits per heavy atom. The predicted octanol–water partition coefficient (Wildman–Crippen LogP) is 1.57. The smallest absolute Gasteiger partial charge is 0.260 e. The van der Waals surface area contributed by atoms with Crippen LogP contribution in [0, 0.1) is 5.92 Å². The van der Waals surface area contributed by atoms with Crippen LogP contribution in [0.2, 0.25) is 0 Å². The summed E-state index contributed by atoms with van der Waals surface area (Å²) in [7, 11) is 0. The molecule has 2 aliphatic heterocycles. The van der Waals surface area contributed by atoms with E-state index >= 15 is 0 Å². The van der Waals surface area contributed by atoms with Crippen molar-refractivity contribution in [2.24, 2.45) is 5.92 Å². The Balaban J connectivity index is 0.00000300. The highest BCUT2D eigenvalue weighted by Crippen LogP contribution is 2.28. The second-order valence-corrected chi connectivity index (χ2v) is 7.56. The van der Waals surface area contributed by atoms with Crippen molar-refractivity contribution < 1.29 is 19.4 Å². The lowest BCUT2D eigenvalue weighted by molar-refractivity contribution is -0.134. The Morgan fingerprint density at radius 1 is 1.21 bits per heavy atom. The van der Waals surface area contributed by atoms with Gasteiger partial charge in [-0.2, -0.15) is 0 Å².